The van der Waals surface area contributed by atoms with Crippen LogP contribution in [0.15, 0.2) is 96.0 Å². The summed E-state index contributed by atoms with van der Waals surface area (Å²) in [5, 5.41) is 20.9. The van der Waals surface area contributed by atoms with Gasteiger partial charge in [-0.25, -0.2) is 4.98 Å². The number of phenols is 1. The number of hydrogen-bond donors (Lipinski definition) is 3. The van der Waals surface area contributed by atoms with Gasteiger partial charge >= 0.3 is 0 Å². The second-order valence-corrected chi connectivity index (χ2v) is 9.67. The summed E-state index contributed by atoms with van der Waals surface area (Å²) < 4.78 is 15.0. The molecule has 3 aromatic carbocycles. The number of benzene rings is 3. The van der Waals surface area contributed by atoms with E-state index in [0.29, 0.717) is 52.7 Å². The number of phenolic OH excluding ortho intramolecular Hbond substituents is 1. The standard InChI is InChI=1S/C30H28FN5O2S/c31-39-27-20-34-36-28(19-25(35-29(27)36)24-14-6-7-15-26(24)37)32-16-8-9-17-33-30(38)23-13-5-4-12-22(23)18-21-10-2-1-3-11-21/h1-7,10-15,19-20,32,37H,8-9,16-18H2,(H,33,38). The molecule has 5 aromatic rings. The van der Waals surface area contributed by atoms with Crippen LogP contribution < -0.4 is 10.6 Å². The minimum absolute atomic E-state index is 0.0783. The highest BCUT2D eigenvalue weighted by atomic mass is 32.2. The van der Waals surface area contributed by atoms with Crippen molar-refractivity contribution in [2.75, 3.05) is 18.4 Å². The van der Waals surface area contributed by atoms with Crippen molar-refractivity contribution in [1.29, 1.82) is 0 Å². The van der Waals surface area contributed by atoms with Crippen molar-refractivity contribution in [1.82, 2.24) is 19.9 Å². The van der Waals surface area contributed by atoms with Gasteiger partial charge in [0.05, 0.1) is 24.0 Å². The molecule has 198 valence electrons. The molecule has 0 radical (unpaired) electrons. The number of para-hydroxylation sites is 1. The average molecular weight is 542 g/mol. The van der Waals surface area contributed by atoms with Crippen LogP contribution in [0.1, 0.15) is 34.3 Å². The third-order valence-corrected chi connectivity index (χ3v) is 6.85. The summed E-state index contributed by atoms with van der Waals surface area (Å²) in [6, 6.07) is 26.5. The number of carbonyl (C=O) groups is 1. The maximum absolute atomic E-state index is 13.5. The molecule has 0 aliphatic carbocycles. The fraction of sp³-hybridized carbons (Fsp3) is 0.167. The van der Waals surface area contributed by atoms with Gasteiger partial charge in [-0.05, 0) is 48.6 Å². The maximum Gasteiger partial charge on any atom is 0.251 e. The van der Waals surface area contributed by atoms with Gasteiger partial charge in [-0.1, -0.05) is 60.7 Å². The van der Waals surface area contributed by atoms with Crippen molar-refractivity contribution in [2.45, 2.75) is 24.2 Å². The van der Waals surface area contributed by atoms with Crippen LogP contribution >= 0.6 is 12.1 Å². The van der Waals surface area contributed by atoms with Gasteiger partial charge in [0, 0.05) is 30.3 Å². The summed E-state index contributed by atoms with van der Waals surface area (Å²) >= 11 is 0.0824. The van der Waals surface area contributed by atoms with Crippen molar-refractivity contribution in [3.8, 4) is 17.0 Å². The lowest BCUT2D eigenvalue weighted by Crippen LogP contribution is -2.26. The molecule has 39 heavy (non-hydrogen) atoms. The minimum Gasteiger partial charge on any atom is -0.507 e. The number of fused-ring (bicyclic) bond motifs is 1. The third kappa shape index (κ3) is 6.21. The number of unbranched alkanes of at least 4 members (excludes halogenated alkanes) is 1. The lowest BCUT2D eigenvalue weighted by Gasteiger charge is -2.12. The number of halogens is 1. The van der Waals surface area contributed by atoms with Crippen LogP contribution in [0.25, 0.3) is 16.9 Å². The van der Waals surface area contributed by atoms with Crippen molar-refractivity contribution in [2.24, 2.45) is 0 Å². The first kappa shape index (κ1) is 26.2. The van der Waals surface area contributed by atoms with E-state index in [2.05, 4.69) is 32.8 Å². The monoisotopic (exact) mass is 541 g/mol. The Kier molecular flexibility index (Phi) is 8.38. The molecule has 0 spiro atoms. The normalized spacial score (nSPS) is 11.0. The molecular weight excluding hydrogens is 513 g/mol. The Labute approximate surface area is 230 Å². The Balaban J connectivity index is 1.18. The molecule has 0 aliphatic heterocycles. The Morgan fingerprint density at radius 1 is 0.949 bits per heavy atom. The average Bonchev–Trinajstić information content (AvgIpc) is 3.39. The van der Waals surface area contributed by atoms with Crippen LogP contribution in [0.4, 0.5) is 9.70 Å². The van der Waals surface area contributed by atoms with E-state index in [1.165, 1.54) is 6.20 Å². The molecule has 0 fully saturated rings. The summed E-state index contributed by atoms with van der Waals surface area (Å²) in [6.07, 6.45) is 3.68. The topological polar surface area (TPSA) is 91.5 Å². The fourth-order valence-corrected chi connectivity index (χ4v) is 4.71. The first-order chi connectivity index (χ1) is 19.1. The van der Waals surface area contributed by atoms with Crippen LogP contribution in [0.3, 0.4) is 0 Å². The van der Waals surface area contributed by atoms with E-state index in [4.69, 9.17) is 0 Å². The lowest BCUT2D eigenvalue weighted by atomic mass is 9.99. The van der Waals surface area contributed by atoms with Gasteiger partial charge in [0.15, 0.2) is 5.65 Å². The number of aromatic nitrogens is 3. The second kappa shape index (κ2) is 12.4. The van der Waals surface area contributed by atoms with Crippen LogP contribution in [-0.2, 0) is 6.42 Å². The van der Waals surface area contributed by atoms with E-state index in [9.17, 15) is 13.8 Å². The van der Waals surface area contributed by atoms with Gasteiger partial charge in [0.1, 0.15) is 16.5 Å². The third-order valence-electron chi connectivity index (χ3n) is 6.40. The van der Waals surface area contributed by atoms with Gasteiger partial charge in [0.25, 0.3) is 5.91 Å². The molecule has 7 nitrogen and oxygen atoms in total. The zero-order valence-corrected chi connectivity index (χ0v) is 22.0. The highest BCUT2D eigenvalue weighted by Gasteiger charge is 2.15. The number of nitrogens with zero attached hydrogens (tertiary/aromatic N) is 3. The summed E-state index contributed by atoms with van der Waals surface area (Å²) in [4.78, 5) is 17.7. The van der Waals surface area contributed by atoms with Gasteiger partial charge < -0.3 is 15.7 Å². The van der Waals surface area contributed by atoms with Crippen molar-refractivity contribution in [3.05, 3.63) is 108 Å². The zero-order valence-electron chi connectivity index (χ0n) is 21.2. The molecule has 5 rings (SSSR count). The van der Waals surface area contributed by atoms with E-state index >= 15 is 0 Å². The Bertz CT molecular complexity index is 1570. The first-order valence-corrected chi connectivity index (χ1v) is 13.5. The number of anilines is 1. The molecule has 2 heterocycles. The predicted octanol–water partition coefficient (Wildman–Crippen LogP) is 6.29. The van der Waals surface area contributed by atoms with E-state index in [1.54, 1.807) is 28.8 Å². The quantitative estimate of drug-likeness (QED) is 0.170. The predicted molar refractivity (Wildman–Crippen MR) is 153 cm³/mol. The molecular formula is C30H28FN5O2S. The van der Waals surface area contributed by atoms with Crippen LogP contribution in [0.2, 0.25) is 0 Å². The highest BCUT2D eigenvalue weighted by molar-refractivity contribution is 7.94. The van der Waals surface area contributed by atoms with Gasteiger partial charge in [0.2, 0.25) is 0 Å². The van der Waals surface area contributed by atoms with Crippen molar-refractivity contribution in [3.63, 3.8) is 0 Å². The number of carbonyl (C=O) groups excluding carboxylic acids is 1. The molecule has 0 unspecified atom stereocenters. The summed E-state index contributed by atoms with van der Waals surface area (Å²) in [5.74, 6) is 0.651. The molecule has 1 amide bonds. The SMILES string of the molecule is O=C(NCCCCNc1cc(-c2ccccc2O)nc2c(SF)cnn12)c1ccccc1Cc1ccccc1. The van der Waals surface area contributed by atoms with Crippen LogP contribution in [0.5, 0.6) is 5.75 Å². The van der Waals surface area contributed by atoms with E-state index < -0.39 is 0 Å². The molecule has 0 aliphatic rings. The Morgan fingerprint density at radius 2 is 1.69 bits per heavy atom. The van der Waals surface area contributed by atoms with Crippen molar-refractivity contribution >= 4 is 29.5 Å². The van der Waals surface area contributed by atoms with Crippen molar-refractivity contribution < 1.29 is 13.8 Å². The minimum atomic E-state index is -0.0783. The largest absolute Gasteiger partial charge is 0.507 e. The van der Waals surface area contributed by atoms with Crippen LogP contribution in [-0.4, -0.2) is 38.7 Å². The maximum atomic E-state index is 13.5. The second-order valence-electron chi connectivity index (χ2n) is 9.07. The van der Waals surface area contributed by atoms with E-state index in [0.717, 1.165) is 24.0 Å². The number of hydrogen-bond acceptors (Lipinski definition) is 6. The first-order valence-electron chi connectivity index (χ1n) is 12.7. The van der Waals surface area contributed by atoms with Crippen LogP contribution in [0, 0.1) is 0 Å². The fourth-order valence-electron chi connectivity index (χ4n) is 4.43. The van der Waals surface area contributed by atoms with E-state index in [1.807, 2.05) is 48.5 Å². The molecule has 0 atom stereocenters. The molecule has 2 aromatic heterocycles. The number of rotatable bonds is 11. The summed E-state index contributed by atoms with van der Waals surface area (Å²) in [7, 11) is 0. The van der Waals surface area contributed by atoms with Gasteiger partial charge in [-0.15, -0.1) is 0 Å². The number of aromatic hydroxyl groups is 1. The molecule has 3 N–H and O–H groups in total. The molecule has 9 heteroatoms. The number of amides is 1. The zero-order chi connectivity index (χ0) is 27.0. The summed E-state index contributed by atoms with van der Waals surface area (Å²) in [6.45, 7) is 1.15. The summed E-state index contributed by atoms with van der Waals surface area (Å²) in [5.41, 5.74) is 4.28. The Morgan fingerprint density at radius 3 is 2.51 bits per heavy atom. The highest BCUT2D eigenvalue weighted by Crippen LogP contribution is 2.32. The Hall–Kier alpha value is -4.37. The molecule has 0 saturated heterocycles. The number of nitrogens with one attached hydrogen (secondary N) is 2. The smallest absolute Gasteiger partial charge is 0.251 e. The van der Waals surface area contributed by atoms with Gasteiger partial charge in [-0.2, -0.15) is 13.5 Å². The van der Waals surface area contributed by atoms with E-state index in [-0.39, 0.29) is 23.8 Å². The molecule has 0 bridgehead atoms. The van der Waals surface area contributed by atoms with Gasteiger partial charge in [-0.3, -0.25) is 4.79 Å². The molecule has 0 saturated carbocycles. The lowest BCUT2D eigenvalue weighted by molar-refractivity contribution is 0.0952.